The van der Waals surface area contributed by atoms with Gasteiger partial charge in [-0.2, -0.15) is 0 Å². The minimum absolute atomic E-state index is 0.490. The zero-order valence-electron chi connectivity index (χ0n) is 7.54. The molecule has 1 atom stereocenters. The molecule has 0 spiro atoms. The van der Waals surface area contributed by atoms with Crippen LogP contribution in [0.25, 0.3) is 0 Å². The SMILES string of the molecule is NCC1COCCN1C1CCC1. The van der Waals surface area contributed by atoms with E-state index in [0.717, 1.165) is 32.3 Å². The average Bonchev–Trinajstić information content (AvgIpc) is 2.02. The van der Waals surface area contributed by atoms with Gasteiger partial charge in [-0.15, -0.1) is 0 Å². The maximum absolute atomic E-state index is 5.69. The molecule has 1 unspecified atom stereocenters. The summed E-state index contributed by atoms with van der Waals surface area (Å²) in [6.45, 7) is 3.57. The molecule has 1 aliphatic heterocycles. The summed E-state index contributed by atoms with van der Waals surface area (Å²) in [6.07, 6.45) is 4.15. The van der Waals surface area contributed by atoms with E-state index in [1.54, 1.807) is 0 Å². The molecule has 2 fully saturated rings. The van der Waals surface area contributed by atoms with E-state index in [0.29, 0.717) is 6.04 Å². The molecule has 70 valence electrons. The molecule has 2 rings (SSSR count). The van der Waals surface area contributed by atoms with Crippen molar-refractivity contribution in [2.75, 3.05) is 26.3 Å². The Morgan fingerprint density at radius 3 is 2.83 bits per heavy atom. The first kappa shape index (κ1) is 8.48. The van der Waals surface area contributed by atoms with Gasteiger partial charge < -0.3 is 10.5 Å². The van der Waals surface area contributed by atoms with Crippen molar-refractivity contribution in [3.8, 4) is 0 Å². The molecular formula is C9H18N2O. The summed E-state index contributed by atoms with van der Waals surface area (Å²) in [5.41, 5.74) is 5.69. The van der Waals surface area contributed by atoms with E-state index in [1.165, 1.54) is 19.3 Å². The predicted octanol–water partition coefficient (Wildman–Crippen LogP) is 0.198. The Morgan fingerprint density at radius 2 is 2.25 bits per heavy atom. The third kappa shape index (κ3) is 1.49. The molecule has 0 aromatic carbocycles. The van der Waals surface area contributed by atoms with E-state index in [9.17, 15) is 0 Å². The van der Waals surface area contributed by atoms with Gasteiger partial charge in [0, 0.05) is 25.2 Å². The molecule has 1 aliphatic carbocycles. The van der Waals surface area contributed by atoms with Crippen LogP contribution in [0, 0.1) is 0 Å². The summed E-state index contributed by atoms with van der Waals surface area (Å²) in [4.78, 5) is 2.55. The number of morpholine rings is 1. The molecule has 2 N–H and O–H groups in total. The lowest BCUT2D eigenvalue weighted by molar-refractivity contribution is -0.0418. The van der Waals surface area contributed by atoms with Crippen LogP contribution in [0.1, 0.15) is 19.3 Å². The fourth-order valence-corrected chi connectivity index (χ4v) is 2.07. The molecule has 0 radical (unpaired) electrons. The van der Waals surface area contributed by atoms with Gasteiger partial charge in [0.1, 0.15) is 0 Å². The van der Waals surface area contributed by atoms with E-state index in [2.05, 4.69) is 4.90 Å². The summed E-state index contributed by atoms with van der Waals surface area (Å²) in [5.74, 6) is 0. The number of nitrogens with two attached hydrogens (primary N) is 1. The van der Waals surface area contributed by atoms with Crippen LogP contribution in [0.15, 0.2) is 0 Å². The summed E-state index contributed by atoms with van der Waals surface area (Å²) >= 11 is 0. The highest BCUT2D eigenvalue weighted by molar-refractivity contribution is 4.86. The second-order valence-electron chi connectivity index (χ2n) is 3.79. The topological polar surface area (TPSA) is 38.5 Å². The summed E-state index contributed by atoms with van der Waals surface area (Å²) in [7, 11) is 0. The molecule has 0 bridgehead atoms. The first-order valence-corrected chi connectivity index (χ1v) is 4.95. The molecular weight excluding hydrogens is 152 g/mol. The van der Waals surface area contributed by atoms with E-state index >= 15 is 0 Å². The fourth-order valence-electron chi connectivity index (χ4n) is 2.07. The first-order chi connectivity index (χ1) is 5.92. The van der Waals surface area contributed by atoms with Crippen molar-refractivity contribution in [1.82, 2.24) is 4.90 Å². The third-order valence-electron chi connectivity index (χ3n) is 3.09. The van der Waals surface area contributed by atoms with Crippen molar-refractivity contribution >= 4 is 0 Å². The first-order valence-electron chi connectivity index (χ1n) is 4.95. The van der Waals surface area contributed by atoms with Gasteiger partial charge in [-0.25, -0.2) is 0 Å². The van der Waals surface area contributed by atoms with Crippen molar-refractivity contribution in [2.45, 2.75) is 31.3 Å². The lowest BCUT2D eigenvalue weighted by Gasteiger charge is -2.44. The lowest BCUT2D eigenvalue weighted by atomic mass is 9.90. The fraction of sp³-hybridized carbons (Fsp3) is 1.00. The zero-order chi connectivity index (χ0) is 8.39. The van der Waals surface area contributed by atoms with Gasteiger partial charge >= 0.3 is 0 Å². The van der Waals surface area contributed by atoms with E-state index in [4.69, 9.17) is 10.5 Å². The van der Waals surface area contributed by atoms with E-state index in [1.807, 2.05) is 0 Å². The third-order valence-corrected chi connectivity index (χ3v) is 3.09. The molecule has 12 heavy (non-hydrogen) atoms. The molecule has 1 heterocycles. The Balaban J connectivity index is 1.90. The second kappa shape index (κ2) is 3.73. The van der Waals surface area contributed by atoms with Gasteiger partial charge in [0.15, 0.2) is 0 Å². The highest BCUT2D eigenvalue weighted by atomic mass is 16.5. The largest absolute Gasteiger partial charge is 0.378 e. The van der Waals surface area contributed by atoms with Crippen LogP contribution >= 0.6 is 0 Å². The van der Waals surface area contributed by atoms with Crippen molar-refractivity contribution < 1.29 is 4.74 Å². The summed E-state index contributed by atoms with van der Waals surface area (Å²) < 4.78 is 5.40. The maximum Gasteiger partial charge on any atom is 0.0634 e. The molecule has 0 amide bonds. The van der Waals surface area contributed by atoms with Crippen molar-refractivity contribution in [2.24, 2.45) is 5.73 Å². The predicted molar refractivity (Wildman–Crippen MR) is 48.0 cm³/mol. The quantitative estimate of drug-likeness (QED) is 0.643. The Kier molecular flexibility index (Phi) is 2.63. The van der Waals surface area contributed by atoms with Crippen LogP contribution in [-0.4, -0.2) is 43.3 Å². The van der Waals surface area contributed by atoms with Crippen LogP contribution in [-0.2, 0) is 4.74 Å². The van der Waals surface area contributed by atoms with Crippen LogP contribution in [0.2, 0.25) is 0 Å². The second-order valence-corrected chi connectivity index (χ2v) is 3.79. The Hall–Kier alpha value is -0.120. The Bertz CT molecular complexity index is 147. The van der Waals surface area contributed by atoms with Gasteiger partial charge in [-0.1, -0.05) is 6.42 Å². The van der Waals surface area contributed by atoms with Gasteiger partial charge in [0.25, 0.3) is 0 Å². The normalized spacial score (nSPS) is 33.2. The van der Waals surface area contributed by atoms with Crippen LogP contribution in [0.3, 0.4) is 0 Å². The molecule has 0 aromatic rings. The molecule has 3 nitrogen and oxygen atoms in total. The molecule has 1 saturated carbocycles. The minimum Gasteiger partial charge on any atom is -0.378 e. The Morgan fingerprint density at radius 1 is 1.42 bits per heavy atom. The molecule has 3 heteroatoms. The summed E-state index contributed by atoms with van der Waals surface area (Å²) in [5, 5.41) is 0. The minimum atomic E-state index is 0.490. The van der Waals surface area contributed by atoms with Crippen molar-refractivity contribution in [1.29, 1.82) is 0 Å². The van der Waals surface area contributed by atoms with E-state index < -0.39 is 0 Å². The van der Waals surface area contributed by atoms with E-state index in [-0.39, 0.29) is 0 Å². The van der Waals surface area contributed by atoms with Crippen LogP contribution in [0.5, 0.6) is 0 Å². The number of rotatable bonds is 2. The maximum atomic E-state index is 5.69. The van der Waals surface area contributed by atoms with Crippen LogP contribution < -0.4 is 5.73 Å². The van der Waals surface area contributed by atoms with Gasteiger partial charge in [0.05, 0.1) is 13.2 Å². The monoisotopic (exact) mass is 170 g/mol. The number of nitrogens with zero attached hydrogens (tertiary/aromatic N) is 1. The molecule has 0 aromatic heterocycles. The van der Waals surface area contributed by atoms with Gasteiger partial charge in [0.2, 0.25) is 0 Å². The van der Waals surface area contributed by atoms with Gasteiger partial charge in [-0.3, -0.25) is 4.90 Å². The van der Waals surface area contributed by atoms with Crippen molar-refractivity contribution in [3.05, 3.63) is 0 Å². The van der Waals surface area contributed by atoms with Crippen LogP contribution in [0.4, 0.5) is 0 Å². The highest BCUT2D eigenvalue weighted by Gasteiger charge is 2.31. The summed E-state index contributed by atoms with van der Waals surface area (Å²) in [6, 6.07) is 1.31. The number of hydrogen-bond acceptors (Lipinski definition) is 3. The average molecular weight is 170 g/mol. The smallest absolute Gasteiger partial charge is 0.0634 e. The zero-order valence-corrected chi connectivity index (χ0v) is 7.54. The molecule has 2 aliphatic rings. The standard InChI is InChI=1S/C9H18N2O/c10-6-9-7-12-5-4-11(9)8-2-1-3-8/h8-9H,1-7,10H2. The Labute approximate surface area is 73.9 Å². The molecule has 1 saturated heterocycles. The highest BCUT2D eigenvalue weighted by Crippen LogP contribution is 2.27. The number of ether oxygens (including phenoxy) is 1. The number of hydrogen-bond donors (Lipinski definition) is 1. The van der Waals surface area contributed by atoms with Gasteiger partial charge in [-0.05, 0) is 12.8 Å². The van der Waals surface area contributed by atoms with Crippen molar-refractivity contribution in [3.63, 3.8) is 0 Å². The lowest BCUT2D eigenvalue weighted by Crippen LogP contribution is -2.55.